The molecule has 1 N–H and O–H groups in total. The second-order valence-electron chi connectivity index (χ2n) is 10.9. The zero-order chi connectivity index (χ0) is 27.1. The van der Waals surface area contributed by atoms with Gasteiger partial charge in [0.1, 0.15) is 5.82 Å². The quantitative estimate of drug-likeness (QED) is 0.329. The summed E-state index contributed by atoms with van der Waals surface area (Å²) in [5, 5.41) is 8.97. The van der Waals surface area contributed by atoms with Crippen LogP contribution in [0.15, 0.2) is 30.5 Å². The molecule has 3 aliphatic heterocycles. The van der Waals surface area contributed by atoms with Crippen molar-refractivity contribution in [1.29, 1.82) is 0 Å². The zero-order valence-corrected chi connectivity index (χ0v) is 25.0. The third kappa shape index (κ3) is 5.47. The van der Waals surface area contributed by atoms with Crippen molar-refractivity contribution in [3.8, 4) is 0 Å². The summed E-state index contributed by atoms with van der Waals surface area (Å²) in [6.45, 7) is 7.24. The van der Waals surface area contributed by atoms with Crippen LogP contribution in [0.4, 0.5) is 11.5 Å². The Morgan fingerprint density at radius 2 is 1.82 bits per heavy atom. The summed E-state index contributed by atoms with van der Waals surface area (Å²) in [6.07, 6.45) is 4.93. The van der Waals surface area contributed by atoms with E-state index in [-0.39, 0.29) is 17.7 Å². The fourth-order valence-electron chi connectivity index (χ4n) is 6.27. The Morgan fingerprint density at radius 1 is 1.05 bits per heavy atom. The summed E-state index contributed by atoms with van der Waals surface area (Å²) in [5.74, 6) is 0.883. The molecule has 3 fully saturated rings. The number of hydrogen-bond donors (Lipinski definition) is 1. The lowest BCUT2D eigenvalue weighted by atomic mass is 9.92. The van der Waals surface area contributed by atoms with Crippen LogP contribution >= 0.6 is 34.2 Å². The van der Waals surface area contributed by atoms with Gasteiger partial charge in [-0.2, -0.15) is 5.10 Å². The first kappa shape index (κ1) is 26.8. The number of fused-ring (bicyclic) bond motifs is 1. The van der Waals surface area contributed by atoms with E-state index >= 15 is 0 Å². The number of aromatic nitrogens is 3. The van der Waals surface area contributed by atoms with Crippen molar-refractivity contribution in [2.45, 2.75) is 31.6 Å². The lowest BCUT2D eigenvalue weighted by Crippen LogP contribution is -2.49. The Balaban J connectivity index is 1.07. The van der Waals surface area contributed by atoms with Gasteiger partial charge in [0.15, 0.2) is 0 Å². The van der Waals surface area contributed by atoms with Crippen LogP contribution in [-0.2, 0) is 16.6 Å². The Labute approximate surface area is 247 Å². The number of amides is 2. The van der Waals surface area contributed by atoms with Gasteiger partial charge in [-0.1, -0.05) is 23.7 Å². The molecule has 1 aromatic carbocycles. The molecule has 39 heavy (non-hydrogen) atoms. The molecule has 206 valence electrons. The van der Waals surface area contributed by atoms with Crippen molar-refractivity contribution in [2.24, 2.45) is 13.0 Å². The van der Waals surface area contributed by atoms with E-state index in [9.17, 15) is 9.59 Å². The molecule has 3 saturated heterocycles. The average Bonchev–Trinajstić information content (AvgIpc) is 3.27. The van der Waals surface area contributed by atoms with Crippen LogP contribution in [0.2, 0.25) is 5.02 Å². The first-order valence-electron chi connectivity index (χ1n) is 13.7. The number of hydrogen-bond acceptors (Lipinski definition) is 7. The summed E-state index contributed by atoms with van der Waals surface area (Å²) in [5.41, 5.74) is 3.02. The molecular weight excluding hydrogens is 629 g/mol. The van der Waals surface area contributed by atoms with E-state index in [0.717, 1.165) is 84.6 Å². The summed E-state index contributed by atoms with van der Waals surface area (Å²) in [4.78, 5) is 36.2. The summed E-state index contributed by atoms with van der Waals surface area (Å²) in [7, 11) is 1.95. The van der Waals surface area contributed by atoms with Gasteiger partial charge in [0.2, 0.25) is 11.8 Å². The van der Waals surface area contributed by atoms with E-state index in [2.05, 4.69) is 71.9 Å². The topological polar surface area (TPSA) is 86.6 Å². The van der Waals surface area contributed by atoms with Gasteiger partial charge in [0.25, 0.3) is 0 Å². The van der Waals surface area contributed by atoms with Gasteiger partial charge in [-0.05, 0) is 59.9 Å². The summed E-state index contributed by atoms with van der Waals surface area (Å²) in [6, 6.07) is 8.36. The van der Waals surface area contributed by atoms with E-state index < -0.39 is 0 Å². The largest absolute Gasteiger partial charge is 0.370 e. The highest BCUT2D eigenvalue weighted by atomic mass is 127. The minimum Gasteiger partial charge on any atom is -0.370 e. The highest BCUT2D eigenvalue weighted by Crippen LogP contribution is 2.36. The van der Waals surface area contributed by atoms with Crippen LogP contribution in [0.5, 0.6) is 0 Å². The molecule has 1 atom stereocenters. The Morgan fingerprint density at radius 3 is 2.54 bits per heavy atom. The number of piperazine rings is 1. The molecule has 5 heterocycles. The first-order valence-corrected chi connectivity index (χ1v) is 15.2. The normalized spacial score (nSPS) is 21.6. The first-order chi connectivity index (χ1) is 18.9. The van der Waals surface area contributed by atoms with E-state index in [0.29, 0.717) is 23.8 Å². The minimum absolute atomic E-state index is 0.199. The predicted molar refractivity (Wildman–Crippen MR) is 161 cm³/mol. The monoisotopic (exact) mass is 661 g/mol. The van der Waals surface area contributed by atoms with Crippen LogP contribution < -0.4 is 15.1 Å². The molecule has 6 rings (SSSR count). The lowest BCUT2D eigenvalue weighted by molar-refractivity contribution is -0.134. The second kappa shape index (κ2) is 11.2. The highest BCUT2D eigenvalue weighted by molar-refractivity contribution is 14.1. The van der Waals surface area contributed by atoms with Crippen molar-refractivity contribution in [1.82, 2.24) is 25.0 Å². The Kier molecular flexibility index (Phi) is 7.69. The maximum Gasteiger partial charge on any atom is 0.235 e. The van der Waals surface area contributed by atoms with Gasteiger partial charge in [0.05, 0.1) is 27.8 Å². The van der Waals surface area contributed by atoms with Crippen molar-refractivity contribution in [3.63, 3.8) is 0 Å². The van der Waals surface area contributed by atoms with E-state index in [1.165, 1.54) is 5.69 Å². The van der Waals surface area contributed by atoms with Crippen LogP contribution in [0.1, 0.15) is 37.3 Å². The van der Waals surface area contributed by atoms with E-state index in [4.69, 9.17) is 16.7 Å². The summed E-state index contributed by atoms with van der Waals surface area (Å²) < 4.78 is 2.95. The van der Waals surface area contributed by atoms with Crippen molar-refractivity contribution >= 4 is 68.4 Å². The molecule has 3 aromatic rings. The zero-order valence-electron chi connectivity index (χ0n) is 22.1. The number of para-hydroxylation sites is 1. The SMILES string of the molecule is Cn1nc(C2CCC(=O)NC2=O)c2cccc(N3CCC(CN4CCN(c5cc(I)c(Cl)cn5)CC4)CC3)c21. The van der Waals surface area contributed by atoms with Gasteiger partial charge in [-0.25, -0.2) is 4.98 Å². The number of carbonyl (C=O) groups is 2. The van der Waals surface area contributed by atoms with Crippen molar-refractivity contribution in [3.05, 3.63) is 44.7 Å². The van der Waals surface area contributed by atoms with Crippen molar-refractivity contribution in [2.75, 3.05) is 55.6 Å². The molecular formula is C28H33ClIN7O2. The van der Waals surface area contributed by atoms with Gasteiger partial charge >= 0.3 is 0 Å². The molecule has 2 aromatic heterocycles. The standard InChI is InChI=1S/C28H33ClIN7O2/c1-34-27-19(26(33-34)20-5-6-25(38)32-28(20)39)3-2-4-23(27)36-9-7-18(8-10-36)17-35-11-13-37(14-12-35)24-15-22(30)21(29)16-31-24/h2-4,15-16,18,20H,5-14,17H2,1H3,(H,32,38,39). The van der Waals surface area contributed by atoms with Crippen LogP contribution in [-0.4, -0.2) is 77.3 Å². The number of benzene rings is 1. The number of pyridine rings is 1. The van der Waals surface area contributed by atoms with Crippen LogP contribution in [0.3, 0.4) is 0 Å². The van der Waals surface area contributed by atoms with Gasteiger partial charge < -0.3 is 9.80 Å². The number of nitrogens with one attached hydrogen (secondary N) is 1. The molecule has 0 radical (unpaired) electrons. The molecule has 3 aliphatic rings. The third-order valence-corrected chi connectivity index (χ3v) is 9.92. The average molecular weight is 662 g/mol. The van der Waals surface area contributed by atoms with E-state index in [1.54, 1.807) is 6.20 Å². The molecule has 2 amide bonds. The Bertz CT molecular complexity index is 1400. The predicted octanol–water partition coefficient (Wildman–Crippen LogP) is 3.79. The molecule has 0 spiro atoms. The number of carbonyl (C=O) groups excluding carboxylic acids is 2. The number of nitrogens with zero attached hydrogens (tertiary/aromatic N) is 6. The third-order valence-electron chi connectivity index (χ3n) is 8.40. The number of rotatable bonds is 5. The number of halogens is 2. The second-order valence-corrected chi connectivity index (χ2v) is 12.4. The minimum atomic E-state index is -0.382. The molecule has 0 aliphatic carbocycles. The maximum absolute atomic E-state index is 12.6. The maximum atomic E-state index is 12.6. The van der Waals surface area contributed by atoms with Crippen LogP contribution in [0.25, 0.3) is 10.9 Å². The summed E-state index contributed by atoms with van der Waals surface area (Å²) >= 11 is 8.42. The number of imide groups is 1. The van der Waals surface area contributed by atoms with E-state index in [1.807, 2.05) is 11.7 Å². The van der Waals surface area contributed by atoms with Gasteiger partial charge in [0, 0.05) is 74.4 Å². The lowest BCUT2D eigenvalue weighted by Gasteiger charge is -2.39. The Hall–Kier alpha value is -2.44. The van der Waals surface area contributed by atoms with Crippen molar-refractivity contribution < 1.29 is 9.59 Å². The number of aryl methyl sites for hydroxylation is 1. The fourth-order valence-corrected chi connectivity index (χ4v) is 6.79. The number of piperidine rings is 2. The molecule has 9 nitrogen and oxygen atoms in total. The smallest absolute Gasteiger partial charge is 0.235 e. The van der Waals surface area contributed by atoms with Gasteiger partial charge in [-0.3, -0.25) is 24.5 Å². The molecule has 0 bridgehead atoms. The molecule has 11 heteroatoms. The van der Waals surface area contributed by atoms with Gasteiger partial charge in [-0.15, -0.1) is 0 Å². The molecule has 0 saturated carbocycles. The highest BCUT2D eigenvalue weighted by Gasteiger charge is 2.33. The van der Waals surface area contributed by atoms with Crippen LogP contribution in [0, 0.1) is 9.49 Å². The number of anilines is 2. The molecule has 1 unspecified atom stereocenters. The fraction of sp³-hybridized carbons (Fsp3) is 0.500.